The van der Waals surface area contributed by atoms with Crippen LogP contribution in [0.1, 0.15) is 0 Å². The lowest BCUT2D eigenvalue weighted by atomic mass is 10.3. The van der Waals surface area contributed by atoms with Gasteiger partial charge in [-0.1, -0.05) is 17.4 Å². The molecule has 0 atom stereocenters. The number of nitrogens with zero attached hydrogens (tertiary/aromatic N) is 2. The second-order valence-electron chi connectivity index (χ2n) is 2.93. The van der Waals surface area contributed by atoms with Crippen LogP contribution in [-0.2, 0) is 0 Å². The Kier molecular flexibility index (Phi) is 2.79. The first kappa shape index (κ1) is 10.3. The summed E-state index contributed by atoms with van der Waals surface area (Å²) in [6.45, 7) is 0. The lowest BCUT2D eigenvalue weighted by Gasteiger charge is -2.14. The summed E-state index contributed by atoms with van der Waals surface area (Å²) in [7, 11) is 1.82. The van der Waals surface area contributed by atoms with E-state index in [1.54, 1.807) is 11.0 Å². The van der Waals surface area contributed by atoms with Gasteiger partial charge < -0.3 is 4.90 Å². The molecule has 0 aliphatic heterocycles. The van der Waals surface area contributed by atoms with Crippen LogP contribution < -0.4 is 4.90 Å². The van der Waals surface area contributed by atoms with Crippen molar-refractivity contribution in [3.8, 4) is 0 Å². The maximum atomic E-state index is 13.0. The quantitative estimate of drug-likeness (QED) is 0.820. The van der Waals surface area contributed by atoms with Crippen molar-refractivity contribution in [3.63, 3.8) is 0 Å². The fourth-order valence-electron chi connectivity index (χ4n) is 1.16. The Morgan fingerprint density at radius 3 is 2.93 bits per heavy atom. The molecule has 1 aromatic heterocycles. The fourth-order valence-corrected chi connectivity index (χ4v) is 2.02. The third-order valence-corrected chi connectivity index (χ3v) is 3.07. The molecule has 0 aliphatic rings. The molecule has 15 heavy (non-hydrogen) atoms. The van der Waals surface area contributed by atoms with Gasteiger partial charge in [-0.05, 0) is 30.4 Å². The van der Waals surface area contributed by atoms with E-state index in [0.29, 0.717) is 9.09 Å². The van der Waals surface area contributed by atoms with Gasteiger partial charge in [-0.25, -0.2) is 4.39 Å². The Labute approximate surface area is 95.2 Å². The summed E-state index contributed by atoms with van der Waals surface area (Å²) >= 11 is 6.28. The van der Waals surface area contributed by atoms with Gasteiger partial charge in [-0.2, -0.15) is 0 Å². The van der Waals surface area contributed by atoms with Crippen molar-refractivity contribution in [2.45, 2.75) is 0 Å². The zero-order valence-electron chi connectivity index (χ0n) is 7.90. The number of aromatic amines is 1. The first-order valence-electron chi connectivity index (χ1n) is 4.21. The summed E-state index contributed by atoms with van der Waals surface area (Å²) in [5.74, 6) is -0.265. The highest BCUT2D eigenvalue weighted by Gasteiger charge is 2.07. The molecule has 0 radical (unpaired) electrons. The molecule has 1 N–H and O–H groups in total. The molecule has 78 valence electrons. The van der Waals surface area contributed by atoms with Gasteiger partial charge in [-0.3, -0.25) is 5.10 Å². The van der Waals surface area contributed by atoms with Crippen molar-refractivity contribution in [1.82, 2.24) is 10.2 Å². The number of hydrogen-bond donors (Lipinski definition) is 1. The van der Waals surface area contributed by atoms with Crippen LogP contribution in [-0.4, -0.2) is 17.2 Å². The molecule has 0 fully saturated rings. The molecule has 0 spiro atoms. The summed E-state index contributed by atoms with van der Waals surface area (Å²) < 4.78 is 13.6. The lowest BCUT2D eigenvalue weighted by Crippen LogP contribution is -2.09. The molecule has 1 aromatic carbocycles. The van der Waals surface area contributed by atoms with Crippen molar-refractivity contribution in [2.24, 2.45) is 0 Å². The number of halogens is 1. The number of anilines is 2. The number of rotatable bonds is 2. The van der Waals surface area contributed by atoms with Crippen LogP contribution in [0.2, 0.25) is 0 Å². The molecule has 0 saturated heterocycles. The largest absolute Gasteiger partial charge is 0.319 e. The van der Waals surface area contributed by atoms with E-state index in [9.17, 15) is 4.39 Å². The summed E-state index contributed by atoms with van der Waals surface area (Å²) in [6, 6.07) is 6.33. The number of H-pyrrole nitrogens is 1. The highest BCUT2D eigenvalue weighted by molar-refractivity contribution is 7.73. The highest BCUT2D eigenvalue weighted by atomic mass is 32.1. The van der Waals surface area contributed by atoms with E-state index in [4.69, 9.17) is 12.2 Å². The normalized spacial score (nSPS) is 10.3. The van der Waals surface area contributed by atoms with Crippen molar-refractivity contribution < 1.29 is 4.39 Å². The Hall–Kier alpha value is -1.27. The van der Waals surface area contributed by atoms with Gasteiger partial charge in [0.15, 0.2) is 3.95 Å². The van der Waals surface area contributed by atoms with Gasteiger partial charge >= 0.3 is 0 Å². The second-order valence-corrected chi connectivity index (χ2v) is 4.58. The van der Waals surface area contributed by atoms with Crippen LogP contribution in [0.5, 0.6) is 0 Å². The highest BCUT2D eigenvalue weighted by Crippen LogP contribution is 2.25. The van der Waals surface area contributed by atoms with E-state index in [0.717, 1.165) is 5.69 Å². The molecule has 2 rings (SSSR count). The second kappa shape index (κ2) is 4.08. The van der Waals surface area contributed by atoms with E-state index in [2.05, 4.69) is 10.2 Å². The molecule has 0 unspecified atom stereocenters. The maximum absolute atomic E-state index is 13.0. The monoisotopic (exact) mass is 241 g/mol. The smallest absolute Gasteiger partial charge is 0.211 e. The zero-order valence-corrected chi connectivity index (χ0v) is 9.53. The summed E-state index contributed by atoms with van der Waals surface area (Å²) in [6.07, 6.45) is 0. The zero-order chi connectivity index (χ0) is 10.8. The van der Waals surface area contributed by atoms with Gasteiger partial charge in [0, 0.05) is 12.7 Å². The molecule has 3 nitrogen and oxygen atoms in total. The average molecular weight is 241 g/mol. The first-order chi connectivity index (χ1) is 7.16. The standard InChI is InChI=1S/C9H8FN3S2/c1-13(8-11-12-9(14)15-8)7-4-2-3-6(10)5-7/h2-5H,1H3,(H,12,14). The Balaban J connectivity index is 2.36. The molecule has 0 saturated carbocycles. The van der Waals surface area contributed by atoms with Gasteiger partial charge in [0.25, 0.3) is 0 Å². The third-order valence-electron chi connectivity index (χ3n) is 1.91. The van der Waals surface area contributed by atoms with E-state index in [1.807, 2.05) is 13.1 Å². The predicted octanol–water partition coefficient (Wildman–Crippen LogP) is 3.11. The van der Waals surface area contributed by atoms with Crippen molar-refractivity contribution in [3.05, 3.63) is 34.0 Å². The van der Waals surface area contributed by atoms with Gasteiger partial charge in [0.2, 0.25) is 5.13 Å². The van der Waals surface area contributed by atoms with E-state index < -0.39 is 0 Å². The molecule has 0 amide bonds. The minimum atomic E-state index is -0.265. The molecule has 6 heteroatoms. The fraction of sp³-hybridized carbons (Fsp3) is 0.111. The van der Waals surface area contributed by atoms with Crippen LogP contribution >= 0.6 is 23.6 Å². The Morgan fingerprint density at radius 2 is 2.33 bits per heavy atom. The number of hydrogen-bond acceptors (Lipinski definition) is 4. The van der Waals surface area contributed by atoms with Gasteiger partial charge in [-0.15, -0.1) is 5.10 Å². The Bertz CT molecular complexity index is 520. The summed E-state index contributed by atoms with van der Waals surface area (Å²) in [5, 5.41) is 7.41. The maximum Gasteiger partial charge on any atom is 0.211 e. The van der Waals surface area contributed by atoms with E-state index in [1.165, 1.54) is 23.5 Å². The van der Waals surface area contributed by atoms with Crippen LogP contribution in [0.3, 0.4) is 0 Å². The number of benzene rings is 1. The van der Waals surface area contributed by atoms with Crippen LogP contribution in [0, 0.1) is 9.77 Å². The number of aromatic nitrogens is 2. The van der Waals surface area contributed by atoms with Gasteiger partial charge in [0.1, 0.15) is 5.82 Å². The van der Waals surface area contributed by atoms with Crippen LogP contribution in [0.4, 0.5) is 15.2 Å². The molecular weight excluding hydrogens is 233 g/mol. The van der Waals surface area contributed by atoms with E-state index >= 15 is 0 Å². The molecule has 2 aromatic rings. The third kappa shape index (κ3) is 2.21. The Morgan fingerprint density at radius 1 is 1.53 bits per heavy atom. The minimum absolute atomic E-state index is 0.265. The molecule has 0 aliphatic carbocycles. The topological polar surface area (TPSA) is 31.9 Å². The SMILES string of the molecule is CN(c1cccc(F)c1)c1n[nH]c(=S)s1. The van der Waals surface area contributed by atoms with Crippen molar-refractivity contribution in [2.75, 3.05) is 11.9 Å². The van der Waals surface area contributed by atoms with E-state index in [-0.39, 0.29) is 5.82 Å². The summed E-state index contributed by atoms with van der Waals surface area (Å²) in [5.41, 5.74) is 0.743. The van der Waals surface area contributed by atoms with Gasteiger partial charge in [0.05, 0.1) is 0 Å². The summed E-state index contributed by atoms with van der Waals surface area (Å²) in [4.78, 5) is 1.78. The average Bonchev–Trinajstić information content (AvgIpc) is 2.64. The lowest BCUT2D eigenvalue weighted by molar-refractivity contribution is 0.628. The molecular formula is C9H8FN3S2. The van der Waals surface area contributed by atoms with Crippen molar-refractivity contribution >= 4 is 34.4 Å². The first-order valence-corrected chi connectivity index (χ1v) is 5.44. The minimum Gasteiger partial charge on any atom is -0.319 e. The number of nitrogens with one attached hydrogen (secondary N) is 1. The predicted molar refractivity (Wildman–Crippen MR) is 61.8 cm³/mol. The van der Waals surface area contributed by atoms with Crippen LogP contribution in [0.25, 0.3) is 0 Å². The van der Waals surface area contributed by atoms with Crippen molar-refractivity contribution in [1.29, 1.82) is 0 Å². The molecule has 0 bridgehead atoms. The molecule has 1 heterocycles. The van der Waals surface area contributed by atoms with Crippen LogP contribution in [0.15, 0.2) is 24.3 Å².